The second-order valence-corrected chi connectivity index (χ2v) is 10.6. The van der Waals surface area contributed by atoms with Crippen molar-refractivity contribution >= 4 is 23.4 Å². The molecule has 0 saturated carbocycles. The zero-order chi connectivity index (χ0) is 28.3. The number of fused-ring (bicyclic) bond motifs is 1. The molecule has 0 bridgehead atoms. The second-order valence-electron chi connectivity index (χ2n) is 9.58. The smallest absolute Gasteiger partial charge is 0.338 e. The number of rotatable bonds is 9. The summed E-state index contributed by atoms with van der Waals surface area (Å²) in [5.41, 5.74) is 2.01. The van der Waals surface area contributed by atoms with E-state index in [-0.39, 0.29) is 24.4 Å². The van der Waals surface area contributed by atoms with Crippen LogP contribution < -0.4 is 29.1 Å². The molecule has 0 aliphatic carbocycles. The van der Waals surface area contributed by atoms with Crippen LogP contribution in [0.1, 0.15) is 58.7 Å². The van der Waals surface area contributed by atoms with Gasteiger partial charge in [0.2, 0.25) is 0 Å². The van der Waals surface area contributed by atoms with Gasteiger partial charge in [-0.15, -0.1) is 0 Å². The van der Waals surface area contributed by atoms with Gasteiger partial charge in [-0.2, -0.15) is 0 Å². The number of para-hydroxylation sites is 1. The minimum atomic E-state index is -0.756. The lowest BCUT2D eigenvalue weighted by atomic mass is 9.95. The predicted molar refractivity (Wildman–Crippen MR) is 151 cm³/mol. The molecule has 4 rings (SSSR count). The van der Waals surface area contributed by atoms with E-state index in [0.29, 0.717) is 43.4 Å². The first-order valence-electron chi connectivity index (χ1n) is 12.9. The maximum Gasteiger partial charge on any atom is 0.338 e. The zero-order valence-electron chi connectivity index (χ0n) is 23.3. The third-order valence-electron chi connectivity index (χ3n) is 5.94. The van der Waals surface area contributed by atoms with Gasteiger partial charge in [0.05, 0.1) is 41.7 Å². The number of methoxy groups -OCH3 is 1. The summed E-state index contributed by atoms with van der Waals surface area (Å²) in [4.78, 5) is 32.3. The molecule has 39 heavy (non-hydrogen) atoms. The molecule has 9 heteroatoms. The number of aromatic nitrogens is 1. The Hall–Kier alpha value is -3.85. The highest BCUT2D eigenvalue weighted by molar-refractivity contribution is 7.07. The largest absolute Gasteiger partial charge is 0.493 e. The first-order chi connectivity index (χ1) is 18.6. The van der Waals surface area contributed by atoms with Gasteiger partial charge in [-0.25, -0.2) is 9.79 Å². The van der Waals surface area contributed by atoms with Crippen LogP contribution in [0.5, 0.6) is 17.2 Å². The number of allylic oxidation sites excluding steroid dienone is 1. The molecule has 0 N–H and O–H groups in total. The quantitative estimate of drug-likeness (QED) is 0.368. The number of hydrogen-bond acceptors (Lipinski definition) is 8. The first kappa shape index (κ1) is 28.2. The molecule has 2 aromatic carbocycles. The Kier molecular flexibility index (Phi) is 8.60. The molecular weight excluding hydrogens is 516 g/mol. The highest BCUT2D eigenvalue weighted by Crippen LogP contribution is 2.36. The van der Waals surface area contributed by atoms with Crippen LogP contribution in [0.4, 0.5) is 0 Å². The third kappa shape index (κ3) is 5.93. The van der Waals surface area contributed by atoms with Crippen LogP contribution in [0.2, 0.25) is 0 Å². The molecule has 3 aromatic rings. The van der Waals surface area contributed by atoms with E-state index in [1.165, 1.54) is 11.3 Å². The van der Waals surface area contributed by atoms with Crippen molar-refractivity contribution < 1.29 is 23.7 Å². The molecule has 0 spiro atoms. The van der Waals surface area contributed by atoms with E-state index in [1.807, 2.05) is 70.2 Å². The highest BCUT2D eigenvalue weighted by Gasteiger charge is 2.35. The van der Waals surface area contributed by atoms with Gasteiger partial charge in [-0.3, -0.25) is 9.36 Å². The van der Waals surface area contributed by atoms with Gasteiger partial charge < -0.3 is 18.9 Å². The summed E-state index contributed by atoms with van der Waals surface area (Å²) in [7, 11) is 1.58. The van der Waals surface area contributed by atoms with E-state index in [1.54, 1.807) is 31.6 Å². The molecule has 1 aliphatic rings. The van der Waals surface area contributed by atoms with Crippen LogP contribution in [0.15, 0.2) is 63.5 Å². The van der Waals surface area contributed by atoms with Gasteiger partial charge in [0.1, 0.15) is 11.8 Å². The molecule has 0 radical (unpaired) electrons. The van der Waals surface area contributed by atoms with E-state index in [4.69, 9.17) is 18.9 Å². The fraction of sp³-hybridized carbons (Fsp3) is 0.367. The van der Waals surface area contributed by atoms with Crippen LogP contribution in [0, 0.1) is 0 Å². The van der Waals surface area contributed by atoms with E-state index in [2.05, 4.69) is 4.99 Å². The van der Waals surface area contributed by atoms with Crippen LogP contribution >= 0.6 is 11.3 Å². The van der Waals surface area contributed by atoms with Gasteiger partial charge in [0, 0.05) is 5.56 Å². The van der Waals surface area contributed by atoms with Crippen molar-refractivity contribution in [1.29, 1.82) is 0 Å². The summed E-state index contributed by atoms with van der Waals surface area (Å²) in [6, 6.07) is 12.2. The zero-order valence-corrected chi connectivity index (χ0v) is 24.1. The molecule has 8 nitrogen and oxygen atoms in total. The molecule has 1 atom stereocenters. The van der Waals surface area contributed by atoms with Crippen LogP contribution in [0.25, 0.3) is 6.08 Å². The number of esters is 1. The van der Waals surface area contributed by atoms with Gasteiger partial charge in [0.25, 0.3) is 5.56 Å². The second kappa shape index (κ2) is 11.9. The van der Waals surface area contributed by atoms with E-state index >= 15 is 0 Å². The molecule has 0 amide bonds. The lowest BCUT2D eigenvalue weighted by Gasteiger charge is -2.26. The van der Waals surface area contributed by atoms with Crippen molar-refractivity contribution in [1.82, 2.24) is 4.57 Å². The summed E-state index contributed by atoms with van der Waals surface area (Å²) < 4.78 is 24.9. The fourth-order valence-corrected chi connectivity index (χ4v) is 5.48. The Labute approximate surface area is 231 Å². The molecular formula is C30H34N2O6S. The minimum absolute atomic E-state index is 0.00664. The third-order valence-corrected chi connectivity index (χ3v) is 6.92. The maximum absolute atomic E-state index is 13.9. The maximum atomic E-state index is 13.9. The van der Waals surface area contributed by atoms with Crippen LogP contribution in [-0.4, -0.2) is 36.5 Å². The number of hydrogen-bond donors (Lipinski definition) is 0. The summed E-state index contributed by atoms with van der Waals surface area (Å²) >= 11 is 1.26. The summed E-state index contributed by atoms with van der Waals surface area (Å²) in [5, 5.41) is 0. The van der Waals surface area contributed by atoms with E-state index in [9.17, 15) is 9.59 Å². The predicted octanol–water partition coefficient (Wildman–Crippen LogP) is 4.38. The monoisotopic (exact) mass is 550 g/mol. The Morgan fingerprint density at radius 3 is 2.41 bits per heavy atom. The van der Waals surface area contributed by atoms with Gasteiger partial charge >= 0.3 is 5.97 Å². The van der Waals surface area contributed by atoms with E-state index < -0.39 is 12.0 Å². The van der Waals surface area contributed by atoms with Gasteiger partial charge in [-0.05, 0) is 71.4 Å². The number of thiazole rings is 1. The summed E-state index contributed by atoms with van der Waals surface area (Å²) in [6.45, 7) is 11.5. The molecule has 0 fully saturated rings. The molecule has 2 heterocycles. The number of benzene rings is 2. The van der Waals surface area contributed by atoms with Crippen molar-refractivity contribution in [2.75, 3.05) is 13.7 Å². The first-order valence-corrected chi connectivity index (χ1v) is 13.8. The molecule has 206 valence electrons. The van der Waals surface area contributed by atoms with Crippen molar-refractivity contribution in [3.05, 3.63) is 84.5 Å². The number of carbonyl (C=O) groups is 1. The Morgan fingerprint density at radius 1 is 1.05 bits per heavy atom. The van der Waals surface area contributed by atoms with Crippen molar-refractivity contribution in [2.45, 2.75) is 59.8 Å². The Balaban J connectivity index is 1.92. The average molecular weight is 551 g/mol. The molecule has 1 aromatic heterocycles. The number of nitrogens with zero attached hydrogens (tertiary/aromatic N) is 2. The standard InChI is InChI=1S/C30H34N2O6S/c1-8-36-29(34)26-19(6)31-30-32(27(26)21-11-9-10-12-22(21)37-17(2)3)28(33)25(39-30)16-20-13-14-23(38-18(4)5)24(15-20)35-7/h9-18,27H,8H2,1-7H3/b25-16+/t27-/m0/s1. The van der Waals surface area contributed by atoms with Gasteiger partial charge in [-0.1, -0.05) is 35.6 Å². The Morgan fingerprint density at radius 2 is 1.74 bits per heavy atom. The lowest BCUT2D eigenvalue weighted by Crippen LogP contribution is -2.40. The van der Waals surface area contributed by atoms with E-state index in [0.717, 1.165) is 5.56 Å². The Bertz CT molecular complexity index is 1580. The fourth-order valence-electron chi connectivity index (χ4n) is 4.43. The van der Waals surface area contributed by atoms with Crippen molar-refractivity contribution in [3.8, 4) is 17.2 Å². The molecule has 0 unspecified atom stereocenters. The minimum Gasteiger partial charge on any atom is -0.493 e. The summed E-state index contributed by atoms with van der Waals surface area (Å²) in [6.07, 6.45) is 1.69. The number of carbonyl (C=O) groups excluding carboxylic acids is 1. The van der Waals surface area contributed by atoms with Gasteiger partial charge in [0.15, 0.2) is 16.3 Å². The summed E-state index contributed by atoms with van der Waals surface area (Å²) in [5.74, 6) is 1.28. The lowest BCUT2D eigenvalue weighted by molar-refractivity contribution is -0.139. The topological polar surface area (TPSA) is 88.4 Å². The van der Waals surface area contributed by atoms with Crippen molar-refractivity contribution in [3.63, 3.8) is 0 Å². The molecule has 1 aliphatic heterocycles. The SMILES string of the molecule is CCOC(=O)C1=C(C)N=c2s/c(=C/c3ccc(OC(C)C)c(OC)c3)c(=O)n2[C@H]1c1ccccc1OC(C)C. The number of ether oxygens (including phenoxy) is 4. The van der Waals surface area contributed by atoms with Crippen LogP contribution in [0.3, 0.4) is 0 Å². The molecule has 0 saturated heterocycles. The highest BCUT2D eigenvalue weighted by atomic mass is 32.1. The van der Waals surface area contributed by atoms with Crippen LogP contribution in [-0.2, 0) is 9.53 Å². The normalized spacial score (nSPS) is 15.3. The average Bonchev–Trinajstić information content (AvgIpc) is 3.18. The van der Waals surface area contributed by atoms with Crippen molar-refractivity contribution in [2.24, 2.45) is 4.99 Å².